The van der Waals surface area contributed by atoms with Crippen LogP contribution >= 0.6 is 0 Å². The lowest BCUT2D eigenvalue weighted by Gasteiger charge is -2.19. The molecule has 0 saturated heterocycles. The first kappa shape index (κ1) is 21.2. The quantitative estimate of drug-likeness (QED) is 0.471. The Labute approximate surface area is 185 Å². The molecule has 0 unspecified atom stereocenters. The van der Waals surface area contributed by atoms with E-state index in [4.69, 9.17) is 0 Å². The number of benzene rings is 1. The summed E-state index contributed by atoms with van der Waals surface area (Å²) in [7, 11) is 1.70. The second-order valence-electron chi connectivity index (χ2n) is 7.74. The minimum Gasteiger partial charge on any atom is -0.337 e. The van der Waals surface area contributed by atoms with Gasteiger partial charge in [-0.25, -0.2) is 4.68 Å². The highest BCUT2D eigenvalue weighted by molar-refractivity contribution is 5.95. The molecule has 1 amide bonds. The second kappa shape index (κ2) is 8.97. The number of carbonyl (C=O) groups is 1. The third kappa shape index (κ3) is 4.49. The topological polar surface area (TPSA) is 85.9 Å². The van der Waals surface area contributed by atoms with Crippen molar-refractivity contribution in [2.24, 2.45) is 0 Å². The van der Waals surface area contributed by atoms with Gasteiger partial charge in [0.25, 0.3) is 11.5 Å². The van der Waals surface area contributed by atoms with Gasteiger partial charge in [-0.1, -0.05) is 12.1 Å². The molecule has 0 fully saturated rings. The molecule has 0 spiro atoms. The molecule has 0 saturated carbocycles. The second-order valence-corrected chi connectivity index (χ2v) is 7.74. The van der Waals surface area contributed by atoms with E-state index in [0.717, 1.165) is 16.9 Å². The molecule has 0 aliphatic heterocycles. The highest BCUT2D eigenvalue weighted by Crippen LogP contribution is 2.13. The molecule has 32 heavy (non-hydrogen) atoms. The van der Waals surface area contributed by atoms with Crippen LogP contribution in [0.1, 0.15) is 32.9 Å². The highest BCUT2D eigenvalue weighted by atomic mass is 16.2. The summed E-state index contributed by atoms with van der Waals surface area (Å²) in [5, 5.41) is 4.24. The summed E-state index contributed by atoms with van der Waals surface area (Å²) < 4.78 is 3.26. The number of pyridine rings is 1. The van der Waals surface area contributed by atoms with E-state index >= 15 is 0 Å². The summed E-state index contributed by atoms with van der Waals surface area (Å²) in [6.07, 6.45) is 8.56. The summed E-state index contributed by atoms with van der Waals surface area (Å²) in [6.45, 7) is 4.25. The Morgan fingerprint density at radius 2 is 1.91 bits per heavy atom. The lowest BCUT2D eigenvalue weighted by molar-refractivity contribution is 0.0782. The van der Waals surface area contributed by atoms with E-state index in [2.05, 4.69) is 15.1 Å². The van der Waals surface area contributed by atoms with Crippen LogP contribution in [0, 0.1) is 13.8 Å². The van der Waals surface area contributed by atoms with Gasteiger partial charge in [-0.15, -0.1) is 0 Å². The first-order valence-corrected chi connectivity index (χ1v) is 10.2. The molecule has 0 bridgehead atoms. The van der Waals surface area contributed by atoms with E-state index in [9.17, 15) is 9.59 Å². The lowest BCUT2D eigenvalue weighted by atomic mass is 10.1. The Balaban J connectivity index is 1.56. The molecule has 8 nitrogen and oxygen atoms in total. The third-order valence-corrected chi connectivity index (χ3v) is 5.20. The Morgan fingerprint density at radius 3 is 2.62 bits per heavy atom. The molecule has 1 aromatic carbocycles. The summed E-state index contributed by atoms with van der Waals surface area (Å²) in [5.74, 6) is -0.318. The Bertz CT molecular complexity index is 1290. The van der Waals surface area contributed by atoms with E-state index in [1.807, 2.05) is 43.5 Å². The average molecular weight is 428 g/mol. The monoisotopic (exact) mass is 428 g/mol. The molecular weight excluding hydrogens is 404 g/mol. The summed E-state index contributed by atoms with van der Waals surface area (Å²) >= 11 is 0. The van der Waals surface area contributed by atoms with Gasteiger partial charge in [0.15, 0.2) is 0 Å². The van der Waals surface area contributed by atoms with Crippen molar-refractivity contribution >= 4 is 5.91 Å². The number of nitrogens with zero attached hydrogens (tertiary/aromatic N) is 6. The fourth-order valence-corrected chi connectivity index (χ4v) is 3.48. The molecule has 4 rings (SSSR count). The molecule has 8 heteroatoms. The molecule has 3 heterocycles. The van der Waals surface area contributed by atoms with Gasteiger partial charge in [0.2, 0.25) is 0 Å². The standard InChI is InChI=1S/C24H24N6O2/c1-17-8-11-29(16-20-14-25-18(2)13-26-20)24(32)22(17)23(31)28(3)15-19-6-4-7-21(12-19)30-10-5-9-27-30/h4-14H,15-16H2,1-3H3. The Morgan fingerprint density at radius 1 is 1.06 bits per heavy atom. The largest absolute Gasteiger partial charge is 0.337 e. The molecule has 162 valence electrons. The zero-order valence-corrected chi connectivity index (χ0v) is 18.3. The Hall–Kier alpha value is -4.07. The number of aryl methyl sites for hydroxylation is 2. The molecule has 3 aromatic heterocycles. The van der Waals surface area contributed by atoms with Gasteiger partial charge in [-0.05, 0) is 49.2 Å². The molecule has 0 aliphatic rings. The van der Waals surface area contributed by atoms with Crippen molar-refractivity contribution in [2.75, 3.05) is 7.05 Å². The number of rotatable bonds is 6. The molecule has 0 N–H and O–H groups in total. The fourth-order valence-electron chi connectivity index (χ4n) is 3.48. The van der Waals surface area contributed by atoms with Crippen molar-refractivity contribution in [3.05, 3.63) is 106 Å². The predicted molar refractivity (Wildman–Crippen MR) is 121 cm³/mol. The smallest absolute Gasteiger partial charge is 0.264 e. The number of aromatic nitrogens is 5. The zero-order valence-electron chi connectivity index (χ0n) is 18.3. The first-order chi connectivity index (χ1) is 15.4. The number of amides is 1. The lowest BCUT2D eigenvalue weighted by Crippen LogP contribution is -2.35. The minimum absolute atomic E-state index is 0.165. The van der Waals surface area contributed by atoms with E-state index < -0.39 is 0 Å². The van der Waals surface area contributed by atoms with Gasteiger partial charge in [0, 0.05) is 38.4 Å². The maximum Gasteiger partial charge on any atom is 0.264 e. The van der Waals surface area contributed by atoms with Crippen molar-refractivity contribution in [1.82, 2.24) is 29.2 Å². The molecule has 0 aliphatic carbocycles. The van der Waals surface area contributed by atoms with Crippen LogP contribution in [0.4, 0.5) is 0 Å². The summed E-state index contributed by atoms with van der Waals surface area (Å²) in [5.41, 5.74) is 3.78. The predicted octanol–water partition coefficient (Wildman–Crippen LogP) is 2.76. The molecule has 0 atom stereocenters. The minimum atomic E-state index is -0.338. The van der Waals surface area contributed by atoms with Gasteiger partial charge < -0.3 is 9.47 Å². The van der Waals surface area contributed by atoms with Crippen molar-refractivity contribution in [2.45, 2.75) is 26.9 Å². The SMILES string of the molecule is Cc1cnc(Cn2ccc(C)c(C(=O)N(C)Cc3cccc(-n4cccn4)c3)c2=O)cn1. The van der Waals surface area contributed by atoms with Crippen LogP contribution in [0.2, 0.25) is 0 Å². The van der Waals surface area contributed by atoms with Crippen LogP contribution in [-0.2, 0) is 13.1 Å². The summed E-state index contributed by atoms with van der Waals surface area (Å²) in [4.78, 5) is 36.4. The molecule has 0 radical (unpaired) electrons. The zero-order chi connectivity index (χ0) is 22.7. The average Bonchev–Trinajstić information content (AvgIpc) is 3.32. The van der Waals surface area contributed by atoms with E-state index in [1.54, 1.807) is 54.4 Å². The van der Waals surface area contributed by atoms with E-state index in [0.29, 0.717) is 17.8 Å². The van der Waals surface area contributed by atoms with Gasteiger partial charge in [0.05, 0.1) is 29.8 Å². The van der Waals surface area contributed by atoms with Crippen molar-refractivity contribution in [1.29, 1.82) is 0 Å². The Kier molecular flexibility index (Phi) is 5.93. The van der Waals surface area contributed by atoms with Crippen LogP contribution < -0.4 is 5.56 Å². The fraction of sp³-hybridized carbons (Fsp3) is 0.208. The van der Waals surface area contributed by atoms with Gasteiger partial charge in [-0.3, -0.25) is 19.6 Å². The number of hydrogen-bond donors (Lipinski definition) is 0. The first-order valence-electron chi connectivity index (χ1n) is 10.2. The van der Waals surface area contributed by atoms with Crippen LogP contribution in [0.3, 0.4) is 0 Å². The van der Waals surface area contributed by atoms with E-state index in [-0.39, 0.29) is 23.6 Å². The highest BCUT2D eigenvalue weighted by Gasteiger charge is 2.20. The van der Waals surface area contributed by atoms with Crippen LogP contribution in [0.5, 0.6) is 0 Å². The van der Waals surface area contributed by atoms with Crippen LogP contribution in [0.25, 0.3) is 5.69 Å². The molecular formula is C24H24N6O2. The van der Waals surface area contributed by atoms with Crippen LogP contribution in [0.15, 0.2) is 72.2 Å². The van der Waals surface area contributed by atoms with Gasteiger partial charge in [-0.2, -0.15) is 5.10 Å². The van der Waals surface area contributed by atoms with Crippen molar-refractivity contribution in [3.63, 3.8) is 0 Å². The summed E-state index contributed by atoms with van der Waals surface area (Å²) in [6, 6.07) is 11.4. The third-order valence-electron chi connectivity index (χ3n) is 5.20. The maximum atomic E-state index is 13.2. The normalized spacial score (nSPS) is 10.8. The van der Waals surface area contributed by atoms with Crippen molar-refractivity contribution in [3.8, 4) is 5.69 Å². The number of carbonyl (C=O) groups excluding carboxylic acids is 1. The molecule has 4 aromatic rings. The van der Waals surface area contributed by atoms with Gasteiger partial charge >= 0.3 is 0 Å². The van der Waals surface area contributed by atoms with Crippen LogP contribution in [-0.4, -0.2) is 42.2 Å². The van der Waals surface area contributed by atoms with Crippen molar-refractivity contribution < 1.29 is 4.79 Å². The van der Waals surface area contributed by atoms with Gasteiger partial charge in [0.1, 0.15) is 5.56 Å². The van der Waals surface area contributed by atoms with E-state index in [1.165, 1.54) is 4.57 Å². The number of hydrogen-bond acceptors (Lipinski definition) is 5. The maximum absolute atomic E-state index is 13.2.